The summed E-state index contributed by atoms with van der Waals surface area (Å²) in [5, 5.41) is 8.50. The van der Waals surface area contributed by atoms with Crippen molar-refractivity contribution in [3.05, 3.63) is 35.7 Å². The molecule has 0 spiro atoms. The second-order valence-corrected chi connectivity index (χ2v) is 7.41. The van der Waals surface area contributed by atoms with Gasteiger partial charge in [0.15, 0.2) is 0 Å². The fraction of sp³-hybridized carbons (Fsp3) is 0.357. The fourth-order valence-electron chi connectivity index (χ4n) is 1.93. The zero-order chi connectivity index (χ0) is 15.8. The van der Waals surface area contributed by atoms with Crippen molar-refractivity contribution < 1.29 is 22.7 Å². The van der Waals surface area contributed by atoms with Crippen LogP contribution in [0, 0.1) is 11.2 Å². The third-order valence-corrected chi connectivity index (χ3v) is 4.98. The second-order valence-electron chi connectivity index (χ2n) is 5.73. The van der Waals surface area contributed by atoms with Crippen molar-refractivity contribution in [1.29, 1.82) is 0 Å². The summed E-state index contributed by atoms with van der Waals surface area (Å²) in [6.45, 7) is 3.85. The number of hydrogen-bond donors (Lipinski definition) is 2. The van der Waals surface area contributed by atoms with E-state index in [1.54, 1.807) is 0 Å². The third-order valence-electron chi connectivity index (χ3n) is 3.47. The molecule has 2 rings (SSSR count). The molecule has 1 aliphatic rings. The van der Waals surface area contributed by atoms with E-state index in [1.807, 2.05) is 13.8 Å². The molecule has 0 bridgehead atoms. The topological polar surface area (TPSA) is 83.5 Å². The molecule has 0 radical (unpaired) electrons. The maximum absolute atomic E-state index is 13.9. The predicted octanol–water partition coefficient (Wildman–Crippen LogP) is 2.00. The molecule has 1 aliphatic carbocycles. The van der Waals surface area contributed by atoms with Crippen molar-refractivity contribution >= 4 is 22.1 Å². The lowest BCUT2D eigenvalue weighted by molar-refractivity contribution is -0.131. The van der Waals surface area contributed by atoms with Crippen LogP contribution in [0.25, 0.3) is 6.08 Å². The highest BCUT2D eigenvalue weighted by molar-refractivity contribution is 7.89. The zero-order valence-electron chi connectivity index (χ0n) is 11.6. The molecule has 1 aromatic rings. The van der Waals surface area contributed by atoms with Crippen LogP contribution < -0.4 is 4.72 Å². The minimum atomic E-state index is -3.91. The lowest BCUT2D eigenvalue weighted by Gasteiger charge is -2.09. The first kappa shape index (κ1) is 15.7. The summed E-state index contributed by atoms with van der Waals surface area (Å²) in [7, 11) is -3.91. The highest BCUT2D eigenvalue weighted by Crippen LogP contribution is 2.45. The Kier molecular flexibility index (Phi) is 3.90. The Morgan fingerprint density at radius 3 is 2.57 bits per heavy atom. The van der Waals surface area contributed by atoms with Gasteiger partial charge in [-0.15, -0.1) is 0 Å². The summed E-state index contributed by atoms with van der Waals surface area (Å²) in [6, 6.07) is 3.30. The number of halogens is 1. The molecule has 0 saturated heterocycles. The Morgan fingerprint density at radius 2 is 2.10 bits per heavy atom. The first-order valence-electron chi connectivity index (χ1n) is 6.35. The van der Waals surface area contributed by atoms with Crippen LogP contribution in [0.4, 0.5) is 4.39 Å². The van der Waals surface area contributed by atoms with E-state index < -0.39 is 26.7 Å². The minimum absolute atomic E-state index is 0.103. The van der Waals surface area contributed by atoms with Crippen LogP contribution in [0.15, 0.2) is 29.2 Å². The number of carboxylic acids is 1. The molecule has 1 aromatic carbocycles. The van der Waals surface area contributed by atoms with Crippen LogP contribution in [-0.2, 0) is 14.8 Å². The first-order chi connectivity index (χ1) is 9.62. The molecular formula is C14H16FNO4S. The van der Waals surface area contributed by atoms with E-state index in [4.69, 9.17) is 5.11 Å². The lowest BCUT2D eigenvalue weighted by atomic mass is 10.2. The maximum Gasteiger partial charge on any atom is 0.328 e. The molecule has 1 fully saturated rings. The minimum Gasteiger partial charge on any atom is -0.478 e. The lowest BCUT2D eigenvalue weighted by Crippen LogP contribution is -2.29. The number of carboxylic acid groups (broad SMARTS) is 1. The Bertz CT molecular complexity index is 710. The molecule has 1 unspecified atom stereocenters. The highest BCUT2D eigenvalue weighted by Gasteiger charge is 2.48. The van der Waals surface area contributed by atoms with Gasteiger partial charge < -0.3 is 5.11 Å². The zero-order valence-corrected chi connectivity index (χ0v) is 12.4. The van der Waals surface area contributed by atoms with Gasteiger partial charge in [-0.25, -0.2) is 22.3 Å². The quantitative estimate of drug-likeness (QED) is 0.814. The van der Waals surface area contributed by atoms with Crippen molar-refractivity contribution in [2.45, 2.75) is 31.2 Å². The van der Waals surface area contributed by atoms with E-state index in [0.717, 1.165) is 18.2 Å². The number of hydrogen-bond acceptors (Lipinski definition) is 3. The summed E-state index contributed by atoms with van der Waals surface area (Å²) in [4.78, 5) is 9.95. The van der Waals surface area contributed by atoms with Crippen molar-refractivity contribution in [3.8, 4) is 0 Å². The van der Waals surface area contributed by atoms with E-state index in [-0.39, 0.29) is 17.0 Å². The van der Waals surface area contributed by atoms with Gasteiger partial charge in [0.05, 0.1) is 0 Å². The molecule has 7 heteroatoms. The monoisotopic (exact) mass is 313 g/mol. The third kappa shape index (κ3) is 3.68. The number of nitrogens with one attached hydrogen (secondary N) is 1. The summed E-state index contributed by atoms with van der Waals surface area (Å²) in [5.41, 5.74) is 0.175. The molecule has 21 heavy (non-hydrogen) atoms. The van der Waals surface area contributed by atoms with Gasteiger partial charge >= 0.3 is 5.97 Å². The van der Waals surface area contributed by atoms with E-state index >= 15 is 0 Å². The van der Waals surface area contributed by atoms with Gasteiger partial charge in [0.1, 0.15) is 10.7 Å². The van der Waals surface area contributed by atoms with Gasteiger partial charge in [0.25, 0.3) is 0 Å². The number of aliphatic carboxylic acids is 1. The van der Waals surface area contributed by atoms with Crippen LogP contribution in [0.1, 0.15) is 25.8 Å². The van der Waals surface area contributed by atoms with Crippen molar-refractivity contribution in [2.24, 2.45) is 5.41 Å². The molecule has 5 nitrogen and oxygen atoms in total. The maximum atomic E-state index is 13.9. The summed E-state index contributed by atoms with van der Waals surface area (Å²) in [6.07, 6.45) is 2.76. The number of carbonyl (C=O) groups is 1. The van der Waals surface area contributed by atoms with E-state index in [2.05, 4.69) is 4.72 Å². The molecular weight excluding hydrogens is 297 g/mol. The highest BCUT2D eigenvalue weighted by atomic mass is 32.2. The predicted molar refractivity (Wildman–Crippen MR) is 75.6 cm³/mol. The Hall–Kier alpha value is -1.73. The SMILES string of the molecule is CC1(C)CC1NS(=O)(=O)c1ccc(/C=C/C(=O)O)cc1F. The summed E-state index contributed by atoms with van der Waals surface area (Å²) in [5.74, 6) is -2.07. The van der Waals surface area contributed by atoms with Crippen LogP contribution in [0.3, 0.4) is 0 Å². The van der Waals surface area contributed by atoms with Gasteiger partial charge in [-0.2, -0.15) is 0 Å². The van der Waals surface area contributed by atoms with Gasteiger partial charge in [-0.1, -0.05) is 19.9 Å². The summed E-state index contributed by atoms with van der Waals surface area (Å²) < 4.78 is 40.6. The Labute approximate surface area is 122 Å². The smallest absolute Gasteiger partial charge is 0.328 e. The number of benzene rings is 1. The van der Waals surface area contributed by atoms with E-state index in [1.165, 1.54) is 12.1 Å². The van der Waals surface area contributed by atoms with E-state index in [0.29, 0.717) is 6.42 Å². The van der Waals surface area contributed by atoms with Gasteiger partial charge in [-0.05, 0) is 35.6 Å². The van der Waals surface area contributed by atoms with E-state index in [9.17, 15) is 17.6 Å². The van der Waals surface area contributed by atoms with Gasteiger partial charge in [0, 0.05) is 12.1 Å². The van der Waals surface area contributed by atoms with Crippen molar-refractivity contribution in [1.82, 2.24) is 4.72 Å². The molecule has 1 saturated carbocycles. The molecule has 2 N–H and O–H groups in total. The average Bonchev–Trinajstić information content (AvgIpc) is 2.92. The average molecular weight is 313 g/mol. The standard InChI is InChI=1S/C14H16FNO4S/c1-14(2)8-12(14)16-21(19,20)11-5-3-9(7-10(11)15)4-6-13(17)18/h3-7,12,16H,8H2,1-2H3,(H,17,18)/b6-4+. The van der Waals surface area contributed by atoms with Crippen LogP contribution in [-0.4, -0.2) is 25.5 Å². The second kappa shape index (κ2) is 5.23. The number of sulfonamides is 1. The van der Waals surface area contributed by atoms with Crippen LogP contribution in [0.2, 0.25) is 0 Å². The molecule has 0 aromatic heterocycles. The first-order valence-corrected chi connectivity index (χ1v) is 7.83. The Balaban J connectivity index is 2.22. The number of rotatable bonds is 5. The molecule has 1 atom stereocenters. The normalized spacial score (nSPS) is 20.6. The van der Waals surface area contributed by atoms with Gasteiger partial charge in [0.2, 0.25) is 10.0 Å². The molecule has 0 aliphatic heterocycles. The molecule has 0 heterocycles. The van der Waals surface area contributed by atoms with Crippen LogP contribution >= 0.6 is 0 Å². The fourth-order valence-corrected chi connectivity index (χ4v) is 3.39. The summed E-state index contributed by atoms with van der Waals surface area (Å²) >= 11 is 0. The largest absolute Gasteiger partial charge is 0.478 e. The molecule has 114 valence electrons. The Morgan fingerprint density at radius 1 is 1.48 bits per heavy atom. The van der Waals surface area contributed by atoms with Crippen molar-refractivity contribution in [3.63, 3.8) is 0 Å². The molecule has 0 amide bonds. The van der Waals surface area contributed by atoms with Gasteiger partial charge in [-0.3, -0.25) is 0 Å². The van der Waals surface area contributed by atoms with Crippen LogP contribution in [0.5, 0.6) is 0 Å². The van der Waals surface area contributed by atoms with Crippen molar-refractivity contribution in [2.75, 3.05) is 0 Å².